The average molecular weight is 488 g/mol. The smallest absolute Gasteiger partial charge is 0.399 e. The highest BCUT2D eigenvalue weighted by Crippen LogP contribution is 2.32. The Morgan fingerprint density at radius 1 is 1.11 bits per heavy atom. The van der Waals surface area contributed by atoms with Crippen LogP contribution in [0.3, 0.4) is 0 Å². The van der Waals surface area contributed by atoms with Crippen molar-refractivity contribution in [3.05, 3.63) is 87.8 Å². The van der Waals surface area contributed by atoms with E-state index in [4.69, 9.17) is 5.73 Å². The number of nitrogens with one attached hydrogen (secondary N) is 1. The zero-order valence-corrected chi connectivity index (χ0v) is 18.8. The molecule has 35 heavy (non-hydrogen) atoms. The highest BCUT2D eigenvalue weighted by molar-refractivity contribution is 5.94. The molecule has 0 saturated carbocycles. The number of carbonyl (C=O) groups is 1. The molecule has 2 heterocycles. The van der Waals surface area contributed by atoms with Gasteiger partial charge in [-0.05, 0) is 61.4 Å². The number of hydrogen-bond donors (Lipinski definition) is 2. The standard InChI is InChI=1S/C25H24F4N4O2/c1-15(17-9-18(25(27,28)29)11-20(30)10-17)31-24(35)16-5-6-23(34)33(13-16)22-4-2-3-21(12-22)32-8-7-19(26)14-32/h2-6,9-13,15,19H,7-8,14,30H2,1H3,(H,31,35)/t15-,19-/m1/s1. The van der Waals surface area contributed by atoms with Gasteiger partial charge in [-0.1, -0.05) is 6.07 Å². The van der Waals surface area contributed by atoms with Crippen LogP contribution in [-0.4, -0.2) is 29.7 Å². The van der Waals surface area contributed by atoms with Crippen LogP contribution in [0.5, 0.6) is 0 Å². The largest absolute Gasteiger partial charge is 0.416 e. The van der Waals surface area contributed by atoms with E-state index >= 15 is 0 Å². The molecule has 10 heteroatoms. The first-order chi connectivity index (χ1) is 16.5. The SMILES string of the molecule is C[C@@H](NC(=O)c1ccc(=O)n(-c2cccc(N3CC[C@@H](F)C3)c2)c1)c1cc(N)cc(C(F)(F)F)c1. The summed E-state index contributed by atoms with van der Waals surface area (Å²) in [5.41, 5.74) is 5.89. The third kappa shape index (κ3) is 5.47. The maximum atomic E-state index is 13.6. The van der Waals surface area contributed by atoms with Crippen molar-refractivity contribution in [2.24, 2.45) is 0 Å². The molecule has 3 N–H and O–H groups in total. The highest BCUT2D eigenvalue weighted by Gasteiger charge is 2.31. The Kier molecular flexibility index (Phi) is 6.56. The lowest BCUT2D eigenvalue weighted by Crippen LogP contribution is -2.29. The van der Waals surface area contributed by atoms with Crippen molar-refractivity contribution in [1.82, 2.24) is 9.88 Å². The molecule has 4 rings (SSSR count). The third-order valence-corrected chi connectivity index (χ3v) is 5.93. The number of alkyl halides is 4. The van der Waals surface area contributed by atoms with E-state index in [0.29, 0.717) is 18.7 Å². The van der Waals surface area contributed by atoms with Crippen LogP contribution in [-0.2, 0) is 6.18 Å². The molecule has 2 aromatic carbocycles. The van der Waals surface area contributed by atoms with E-state index in [-0.39, 0.29) is 28.9 Å². The first-order valence-electron chi connectivity index (χ1n) is 11.0. The summed E-state index contributed by atoms with van der Waals surface area (Å²) in [6.45, 7) is 2.39. The second-order valence-electron chi connectivity index (χ2n) is 8.56. The number of halogens is 4. The number of amides is 1. The number of anilines is 2. The van der Waals surface area contributed by atoms with Crippen molar-refractivity contribution >= 4 is 17.3 Å². The summed E-state index contributed by atoms with van der Waals surface area (Å²) in [5.74, 6) is -0.571. The van der Waals surface area contributed by atoms with Crippen molar-refractivity contribution in [2.45, 2.75) is 31.7 Å². The lowest BCUT2D eigenvalue weighted by Gasteiger charge is -2.19. The minimum atomic E-state index is -4.57. The minimum absolute atomic E-state index is 0.0681. The fourth-order valence-electron chi connectivity index (χ4n) is 4.07. The van der Waals surface area contributed by atoms with Gasteiger partial charge < -0.3 is 16.0 Å². The zero-order valence-electron chi connectivity index (χ0n) is 18.8. The monoisotopic (exact) mass is 488 g/mol. The Morgan fingerprint density at radius 2 is 1.86 bits per heavy atom. The Balaban J connectivity index is 1.57. The molecule has 0 aliphatic carbocycles. The summed E-state index contributed by atoms with van der Waals surface area (Å²) in [4.78, 5) is 27.3. The van der Waals surface area contributed by atoms with Crippen LogP contribution in [0, 0.1) is 0 Å². The minimum Gasteiger partial charge on any atom is -0.399 e. The number of hydrogen-bond acceptors (Lipinski definition) is 4. The maximum absolute atomic E-state index is 13.6. The summed E-state index contributed by atoms with van der Waals surface area (Å²) in [6, 6.07) is 12.0. The van der Waals surface area contributed by atoms with Crippen molar-refractivity contribution < 1.29 is 22.4 Å². The van der Waals surface area contributed by atoms with Crippen molar-refractivity contribution in [1.29, 1.82) is 0 Å². The molecule has 1 aromatic heterocycles. The van der Waals surface area contributed by atoms with E-state index in [1.165, 1.54) is 29.0 Å². The molecule has 1 saturated heterocycles. The van der Waals surface area contributed by atoms with Gasteiger partial charge in [0, 0.05) is 36.7 Å². The van der Waals surface area contributed by atoms with E-state index in [0.717, 1.165) is 17.8 Å². The summed E-state index contributed by atoms with van der Waals surface area (Å²) in [5, 5.41) is 2.65. The van der Waals surface area contributed by atoms with Crippen LogP contribution in [0.25, 0.3) is 5.69 Å². The Morgan fingerprint density at radius 3 is 2.54 bits per heavy atom. The number of rotatable bonds is 5. The third-order valence-electron chi connectivity index (χ3n) is 5.93. The van der Waals surface area contributed by atoms with Gasteiger partial charge in [-0.25, -0.2) is 4.39 Å². The van der Waals surface area contributed by atoms with Gasteiger partial charge in [0.15, 0.2) is 0 Å². The summed E-state index contributed by atoms with van der Waals surface area (Å²) < 4.78 is 54.3. The second-order valence-corrected chi connectivity index (χ2v) is 8.56. The number of nitrogen functional groups attached to an aromatic ring is 1. The summed E-state index contributed by atoms with van der Waals surface area (Å²) in [6.07, 6.45) is -3.66. The van der Waals surface area contributed by atoms with Crippen LogP contribution in [0.1, 0.15) is 40.9 Å². The number of nitrogens with zero attached hydrogens (tertiary/aromatic N) is 2. The Hall–Kier alpha value is -3.82. The van der Waals surface area contributed by atoms with E-state index in [1.807, 2.05) is 11.0 Å². The summed E-state index contributed by atoms with van der Waals surface area (Å²) >= 11 is 0. The Labute approximate surface area is 199 Å². The zero-order chi connectivity index (χ0) is 25.3. The van der Waals surface area contributed by atoms with Crippen LogP contribution in [0.15, 0.2) is 65.6 Å². The van der Waals surface area contributed by atoms with Gasteiger partial charge in [-0.3, -0.25) is 14.2 Å². The lowest BCUT2D eigenvalue weighted by molar-refractivity contribution is -0.137. The highest BCUT2D eigenvalue weighted by atomic mass is 19.4. The first-order valence-corrected chi connectivity index (χ1v) is 11.0. The molecular weight excluding hydrogens is 464 g/mol. The van der Waals surface area contributed by atoms with Crippen LogP contribution in [0.2, 0.25) is 0 Å². The predicted octanol–water partition coefficient (Wildman–Crippen LogP) is 4.48. The van der Waals surface area contributed by atoms with Gasteiger partial charge in [-0.15, -0.1) is 0 Å². The quantitative estimate of drug-likeness (QED) is 0.410. The molecule has 1 aliphatic rings. The van der Waals surface area contributed by atoms with Gasteiger partial charge >= 0.3 is 6.18 Å². The molecule has 3 aromatic rings. The molecular formula is C25H24F4N4O2. The van der Waals surface area contributed by atoms with Crippen LogP contribution in [0.4, 0.5) is 28.9 Å². The topological polar surface area (TPSA) is 80.4 Å². The molecule has 184 valence electrons. The second kappa shape index (κ2) is 9.44. The van der Waals surface area contributed by atoms with Gasteiger partial charge in [-0.2, -0.15) is 13.2 Å². The molecule has 2 atom stereocenters. The molecule has 0 bridgehead atoms. The maximum Gasteiger partial charge on any atom is 0.416 e. The van der Waals surface area contributed by atoms with Crippen molar-refractivity contribution in [3.63, 3.8) is 0 Å². The van der Waals surface area contributed by atoms with Gasteiger partial charge in [0.2, 0.25) is 0 Å². The normalized spacial score (nSPS) is 16.8. The van der Waals surface area contributed by atoms with Crippen LogP contribution < -0.4 is 21.5 Å². The summed E-state index contributed by atoms with van der Waals surface area (Å²) in [7, 11) is 0. The number of pyridine rings is 1. The van der Waals surface area contributed by atoms with Gasteiger partial charge in [0.1, 0.15) is 6.17 Å². The fraction of sp³-hybridized carbons (Fsp3) is 0.280. The average Bonchev–Trinajstić information content (AvgIpc) is 3.24. The van der Waals surface area contributed by atoms with E-state index < -0.39 is 29.9 Å². The van der Waals surface area contributed by atoms with Gasteiger partial charge in [0.25, 0.3) is 11.5 Å². The number of nitrogens with two attached hydrogens (primary N) is 1. The number of benzene rings is 2. The van der Waals surface area contributed by atoms with E-state index in [9.17, 15) is 27.2 Å². The molecule has 0 radical (unpaired) electrons. The first kappa shape index (κ1) is 24.3. The van der Waals surface area contributed by atoms with Crippen LogP contribution >= 0.6 is 0 Å². The molecule has 1 aliphatic heterocycles. The number of aromatic nitrogens is 1. The number of carbonyl (C=O) groups excluding carboxylic acids is 1. The van der Waals surface area contributed by atoms with Crippen molar-refractivity contribution in [2.75, 3.05) is 23.7 Å². The molecule has 1 fully saturated rings. The van der Waals surface area contributed by atoms with Crippen molar-refractivity contribution in [3.8, 4) is 5.69 Å². The lowest BCUT2D eigenvalue weighted by atomic mass is 10.0. The van der Waals surface area contributed by atoms with Gasteiger partial charge in [0.05, 0.1) is 22.9 Å². The Bertz CT molecular complexity index is 1310. The van der Waals surface area contributed by atoms with E-state index in [1.54, 1.807) is 25.1 Å². The molecule has 1 amide bonds. The molecule has 0 unspecified atom stereocenters. The molecule has 0 spiro atoms. The predicted molar refractivity (Wildman–Crippen MR) is 126 cm³/mol. The van der Waals surface area contributed by atoms with E-state index in [2.05, 4.69) is 5.32 Å². The molecule has 6 nitrogen and oxygen atoms in total. The fourth-order valence-corrected chi connectivity index (χ4v) is 4.07.